The lowest BCUT2D eigenvalue weighted by molar-refractivity contribution is -0.402. The first-order valence-electron chi connectivity index (χ1n) is 4.10. The topological polar surface area (TPSA) is 92.5 Å². The Morgan fingerprint density at radius 3 is 2.81 bits per heavy atom. The molecule has 16 heavy (non-hydrogen) atoms. The minimum absolute atomic E-state index is 0.0759. The van der Waals surface area contributed by atoms with Crippen LogP contribution in [0.1, 0.15) is 10.4 Å². The lowest BCUT2D eigenvalue weighted by Gasteiger charge is -2.04. The van der Waals surface area contributed by atoms with E-state index in [9.17, 15) is 19.3 Å². The summed E-state index contributed by atoms with van der Waals surface area (Å²) in [7, 11) is 0. The van der Waals surface area contributed by atoms with Gasteiger partial charge < -0.3 is 10.4 Å². The largest absolute Gasteiger partial charge is 0.478 e. The van der Waals surface area contributed by atoms with Gasteiger partial charge in [-0.3, -0.25) is 10.1 Å². The van der Waals surface area contributed by atoms with Gasteiger partial charge >= 0.3 is 5.97 Å². The molecule has 0 aliphatic heterocycles. The van der Waals surface area contributed by atoms with Crippen LogP contribution in [0.15, 0.2) is 30.6 Å². The highest BCUT2D eigenvalue weighted by atomic mass is 19.1. The van der Waals surface area contributed by atoms with Gasteiger partial charge in [0.15, 0.2) is 0 Å². The number of halogens is 1. The normalized spacial score (nSPS) is 10.3. The van der Waals surface area contributed by atoms with Crippen LogP contribution in [-0.2, 0) is 0 Å². The number of aromatic carboxylic acids is 1. The molecule has 1 rings (SSSR count). The Morgan fingerprint density at radius 2 is 2.25 bits per heavy atom. The summed E-state index contributed by atoms with van der Waals surface area (Å²) in [6.07, 6.45) is 1.56. The van der Waals surface area contributed by atoms with Crippen molar-refractivity contribution in [3.05, 3.63) is 52.1 Å². The zero-order valence-electron chi connectivity index (χ0n) is 7.88. The SMILES string of the molecule is O=C(O)c1cc(F)ccc1NC=C[N+](=O)[O-]. The molecule has 0 aromatic heterocycles. The van der Waals surface area contributed by atoms with E-state index in [-0.39, 0.29) is 11.3 Å². The molecule has 2 N–H and O–H groups in total. The first-order chi connectivity index (χ1) is 7.50. The smallest absolute Gasteiger partial charge is 0.337 e. The average Bonchev–Trinajstić information content (AvgIpc) is 2.19. The van der Waals surface area contributed by atoms with Gasteiger partial charge in [-0.15, -0.1) is 0 Å². The molecule has 84 valence electrons. The number of hydrogen-bond acceptors (Lipinski definition) is 4. The van der Waals surface area contributed by atoms with Crippen LogP contribution in [0.3, 0.4) is 0 Å². The Balaban J connectivity index is 2.95. The van der Waals surface area contributed by atoms with Crippen molar-refractivity contribution in [2.24, 2.45) is 0 Å². The lowest BCUT2D eigenvalue weighted by Crippen LogP contribution is -2.03. The molecule has 1 aromatic carbocycles. The zero-order chi connectivity index (χ0) is 12.1. The van der Waals surface area contributed by atoms with E-state index in [1.165, 1.54) is 6.07 Å². The molecule has 0 aliphatic carbocycles. The Hall–Kier alpha value is -2.44. The van der Waals surface area contributed by atoms with E-state index < -0.39 is 16.7 Å². The fraction of sp³-hybridized carbons (Fsp3) is 0. The van der Waals surface area contributed by atoms with E-state index in [2.05, 4.69) is 5.32 Å². The van der Waals surface area contributed by atoms with Crippen molar-refractivity contribution < 1.29 is 19.2 Å². The van der Waals surface area contributed by atoms with E-state index in [1.54, 1.807) is 0 Å². The number of rotatable bonds is 4. The molecule has 0 saturated heterocycles. The third-order valence-electron chi connectivity index (χ3n) is 1.65. The fourth-order valence-electron chi connectivity index (χ4n) is 1.01. The van der Waals surface area contributed by atoms with Gasteiger partial charge in [0.2, 0.25) is 6.20 Å². The Bertz CT molecular complexity index is 459. The molecule has 0 bridgehead atoms. The molecule has 1 aromatic rings. The van der Waals surface area contributed by atoms with Crippen molar-refractivity contribution in [1.29, 1.82) is 0 Å². The molecule has 7 heteroatoms. The van der Waals surface area contributed by atoms with Crippen molar-refractivity contribution >= 4 is 11.7 Å². The standard InChI is InChI=1S/C9H7FN2O4/c10-6-1-2-8(7(5-6)9(13)14)11-3-4-12(15)16/h1-5,11H,(H,13,14). The summed E-state index contributed by atoms with van der Waals surface area (Å²) >= 11 is 0. The predicted molar refractivity (Wildman–Crippen MR) is 53.1 cm³/mol. The highest BCUT2D eigenvalue weighted by Crippen LogP contribution is 2.16. The van der Waals surface area contributed by atoms with Gasteiger partial charge in [-0.25, -0.2) is 9.18 Å². The number of nitrogens with one attached hydrogen (secondary N) is 1. The summed E-state index contributed by atoms with van der Waals surface area (Å²) in [6.45, 7) is 0. The first kappa shape index (κ1) is 11.6. The van der Waals surface area contributed by atoms with Crippen LogP contribution in [0.2, 0.25) is 0 Å². The van der Waals surface area contributed by atoms with E-state index >= 15 is 0 Å². The minimum atomic E-state index is -1.32. The van der Waals surface area contributed by atoms with Gasteiger partial charge in [-0.05, 0) is 18.2 Å². The van der Waals surface area contributed by atoms with Gasteiger partial charge in [-0.2, -0.15) is 0 Å². The number of anilines is 1. The molecule has 0 amide bonds. The Labute approximate surface area is 89.2 Å². The van der Waals surface area contributed by atoms with Crippen LogP contribution >= 0.6 is 0 Å². The van der Waals surface area contributed by atoms with Crippen molar-refractivity contribution in [2.45, 2.75) is 0 Å². The highest BCUT2D eigenvalue weighted by Gasteiger charge is 2.10. The van der Waals surface area contributed by atoms with Gasteiger partial charge in [0, 0.05) is 0 Å². The van der Waals surface area contributed by atoms with Crippen molar-refractivity contribution in [2.75, 3.05) is 5.32 Å². The van der Waals surface area contributed by atoms with Crippen molar-refractivity contribution in [1.82, 2.24) is 0 Å². The summed E-state index contributed by atoms with van der Waals surface area (Å²) in [4.78, 5) is 20.0. The Morgan fingerprint density at radius 1 is 1.56 bits per heavy atom. The van der Waals surface area contributed by atoms with Crippen LogP contribution in [0.5, 0.6) is 0 Å². The number of nitro groups is 1. The molecule has 0 spiro atoms. The molecule has 0 saturated carbocycles. The van der Waals surface area contributed by atoms with Crippen molar-refractivity contribution in [3.63, 3.8) is 0 Å². The third-order valence-corrected chi connectivity index (χ3v) is 1.65. The molecule has 6 nitrogen and oxygen atoms in total. The van der Waals surface area contributed by atoms with Crippen LogP contribution in [0, 0.1) is 15.9 Å². The maximum Gasteiger partial charge on any atom is 0.337 e. The fourth-order valence-corrected chi connectivity index (χ4v) is 1.01. The number of hydrogen-bond donors (Lipinski definition) is 2. The molecule has 0 unspecified atom stereocenters. The van der Waals surface area contributed by atoms with E-state index in [1.807, 2.05) is 0 Å². The second-order valence-corrected chi connectivity index (χ2v) is 2.74. The van der Waals surface area contributed by atoms with E-state index in [0.717, 1.165) is 18.3 Å². The van der Waals surface area contributed by atoms with Gasteiger partial charge in [0.05, 0.1) is 22.4 Å². The number of nitrogens with zero attached hydrogens (tertiary/aromatic N) is 1. The van der Waals surface area contributed by atoms with Gasteiger partial charge in [0.1, 0.15) is 5.82 Å². The molecule has 0 heterocycles. The van der Waals surface area contributed by atoms with Crippen LogP contribution in [0.25, 0.3) is 0 Å². The first-order valence-corrected chi connectivity index (χ1v) is 4.10. The van der Waals surface area contributed by atoms with Crippen LogP contribution in [0.4, 0.5) is 10.1 Å². The molecule has 0 radical (unpaired) electrons. The lowest BCUT2D eigenvalue weighted by atomic mass is 10.2. The third kappa shape index (κ3) is 3.05. The second-order valence-electron chi connectivity index (χ2n) is 2.74. The molecule has 0 fully saturated rings. The quantitative estimate of drug-likeness (QED) is 0.601. The number of carboxylic acids is 1. The highest BCUT2D eigenvalue weighted by molar-refractivity contribution is 5.94. The summed E-state index contributed by atoms with van der Waals surface area (Å²) in [6, 6.07) is 3.06. The minimum Gasteiger partial charge on any atom is -0.478 e. The maximum absolute atomic E-state index is 12.7. The summed E-state index contributed by atoms with van der Waals surface area (Å²) in [5.41, 5.74) is -0.222. The van der Waals surface area contributed by atoms with Crippen LogP contribution < -0.4 is 5.32 Å². The van der Waals surface area contributed by atoms with E-state index in [4.69, 9.17) is 5.11 Å². The number of carbonyl (C=O) groups is 1. The molecule has 0 aliphatic rings. The number of carboxylic acid groups (broad SMARTS) is 1. The zero-order valence-corrected chi connectivity index (χ0v) is 7.88. The van der Waals surface area contributed by atoms with E-state index in [0.29, 0.717) is 6.20 Å². The van der Waals surface area contributed by atoms with Gasteiger partial charge in [-0.1, -0.05) is 0 Å². The summed E-state index contributed by atoms with van der Waals surface area (Å²) in [5.74, 6) is -2.02. The maximum atomic E-state index is 12.7. The summed E-state index contributed by atoms with van der Waals surface area (Å²) in [5, 5.41) is 21.1. The average molecular weight is 226 g/mol. The monoisotopic (exact) mass is 226 g/mol. The molecular formula is C9H7FN2O4. The Kier molecular flexibility index (Phi) is 3.54. The predicted octanol–water partition coefficient (Wildman–Crippen LogP) is 1.68. The van der Waals surface area contributed by atoms with Crippen LogP contribution in [-0.4, -0.2) is 16.0 Å². The number of benzene rings is 1. The summed E-state index contributed by atoms with van der Waals surface area (Å²) < 4.78 is 12.7. The molecular weight excluding hydrogens is 219 g/mol. The second kappa shape index (κ2) is 4.87. The molecule has 0 atom stereocenters. The van der Waals surface area contributed by atoms with Crippen molar-refractivity contribution in [3.8, 4) is 0 Å². The van der Waals surface area contributed by atoms with Gasteiger partial charge in [0.25, 0.3) is 0 Å².